The lowest BCUT2D eigenvalue weighted by Gasteiger charge is -2.37. The fraction of sp³-hybridized carbons (Fsp3) is 0.700. The zero-order valence-corrected chi connectivity index (χ0v) is 22.8. The number of urea groups is 1. The van der Waals surface area contributed by atoms with E-state index in [9.17, 15) is 14.4 Å². The average molecular weight is 522 g/mol. The first-order valence-corrected chi connectivity index (χ1v) is 14.8. The van der Waals surface area contributed by atoms with Crippen molar-refractivity contribution in [1.29, 1.82) is 0 Å². The number of fused-ring (bicyclic) bond motifs is 1. The maximum Gasteiger partial charge on any atom is 0.318 e. The van der Waals surface area contributed by atoms with E-state index in [0.29, 0.717) is 42.8 Å². The first kappa shape index (κ1) is 25.7. The van der Waals surface area contributed by atoms with E-state index in [4.69, 9.17) is 5.73 Å². The van der Waals surface area contributed by atoms with Gasteiger partial charge in [-0.1, -0.05) is 32.8 Å². The number of carbonyl (C=O) groups excluding carboxylic acids is 3. The Morgan fingerprint density at radius 1 is 1.03 bits per heavy atom. The third kappa shape index (κ3) is 4.80. The molecular weight excluding hydrogens is 478 g/mol. The molecule has 4 amide bonds. The van der Waals surface area contributed by atoms with E-state index in [1.54, 1.807) is 4.90 Å². The highest BCUT2D eigenvalue weighted by molar-refractivity contribution is 5.96. The number of anilines is 1. The van der Waals surface area contributed by atoms with Crippen molar-refractivity contribution in [3.63, 3.8) is 0 Å². The number of benzene rings is 1. The van der Waals surface area contributed by atoms with E-state index in [0.717, 1.165) is 36.8 Å². The fourth-order valence-electron chi connectivity index (χ4n) is 7.24. The second-order valence-electron chi connectivity index (χ2n) is 13.0. The van der Waals surface area contributed by atoms with Crippen LogP contribution in [0.15, 0.2) is 18.2 Å². The highest BCUT2D eigenvalue weighted by Crippen LogP contribution is 2.50. The van der Waals surface area contributed by atoms with E-state index in [1.807, 2.05) is 18.2 Å². The molecule has 8 nitrogen and oxygen atoms in total. The Morgan fingerprint density at radius 3 is 2.29 bits per heavy atom. The van der Waals surface area contributed by atoms with Crippen LogP contribution in [0.5, 0.6) is 0 Å². The molecule has 3 saturated carbocycles. The number of hydrogen-bond acceptors (Lipinski definition) is 4. The summed E-state index contributed by atoms with van der Waals surface area (Å²) in [6.07, 6.45) is 9.93. The maximum atomic E-state index is 13.9. The van der Waals surface area contributed by atoms with Crippen LogP contribution in [0, 0.1) is 23.7 Å². The van der Waals surface area contributed by atoms with Gasteiger partial charge in [-0.05, 0) is 85.5 Å². The van der Waals surface area contributed by atoms with E-state index >= 15 is 0 Å². The molecule has 0 radical (unpaired) electrons. The third-order valence-corrected chi connectivity index (χ3v) is 9.86. The van der Waals surface area contributed by atoms with Crippen LogP contribution in [0.25, 0.3) is 0 Å². The molecule has 1 saturated heterocycles. The molecule has 4 fully saturated rings. The minimum absolute atomic E-state index is 0.0181. The smallest absolute Gasteiger partial charge is 0.318 e. The standard InChI is InChI=1S/C30H43N5O3/c1-17(2)24-16-35(29(38)34-24)30(28(37)33-22-5-3-4-6-22)14-20-11-12-23(13-21(20)15-30)32-27(36)26(31)25(18-7-8-18)19-9-10-19/h11-13,17-19,22,24-26H,3-10,14-16,31H2,1-2H3,(H,32,36)(H,33,37)(H,34,38)/t24-,26-,30?/m0/s1. The summed E-state index contributed by atoms with van der Waals surface area (Å²) in [4.78, 5) is 42.1. The Bertz CT molecular complexity index is 1100. The second kappa shape index (κ2) is 9.85. The van der Waals surface area contributed by atoms with Crippen molar-refractivity contribution in [3.8, 4) is 0 Å². The molecule has 206 valence electrons. The molecule has 1 heterocycles. The number of carbonyl (C=O) groups is 3. The largest absolute Gasteiger partial charge is 0.351 e. The summed E-state index contributed by atoms with van der Waals surface area (Å²) < 4.78 is 0. The lowest BCUT2D eigenvalue weighted by molar-refractivity contribution is -0.132. The van der Waals surface area contributed by atoms with Gasteiger partial charge in [-0.2, -0.15) is 0 Å². The van der Waals surface area contributed by atoms with Gasteiger partial charge < -0.3 is 26.6 Å². The van der Waals surface area contributed by atoms with Crippen molar-refractivity contribution in [1.82, 2.24) is 15.5 Å². The quantitative estimate of drug-likeness (QED) is 0.399. The predicted octanol–water partition coefficient (Wildman–Crippen LogP) is 3.33. The third-order valence-electron chi connectivity index (χ3n) is 9.86. The molecule has 5 N–H and O–H groups in total. The molecule has 0 bridgehead atoms. The van der Waals surface area contributed by atoms with Gasteiger partial charge in [0.05, 0.1) is 12.1 Å². The minimum Gasteiger partial charge on any atom is -0.351 e. The molecular formula is C30H43N5O3. The summed E-state index contributed by atoms with van der Waals surface area (Å²) in [7, 11) is 0. The first-order chi connectivity index (χ1) is 18.2. The Balaban J connectivity index is 1.22. The van der Waals surface area contributed by atoms with Crippen LogP contribution in [-0.2, 0) is 22.4 Å². The molecule has 5 aliphatic rings. The van der Waals surface area contributed by atoms with E-state index < -0.39 is 11.6 Å². The SMILES string of the molecule is CC(C)[C@@H]1CN(C2(C(=O)NC3CCCC3)Cc3ccc(NC(=O)[C@@H](N)C(C4CC4)C4CC4)cc3C2)C(=O)N1. The average Bonchev–Trinajstić information content (AvgIpc) is 3.77. The lowest BCUT2D eigenvalue weighted by atomic mass is 9.89. The molecule has 1 aromatic carbocycles. The summed E-state index contributed by atoms with van der Waals surface area (Å²) in [6.45, 7) is 4.71. The number of rotatable bonds is 9. The van der Waals surface area contributed by atoms with Crippen LogP contribution in [0.1, 0.15) is 76.3 Å². The molecule has 4 aliphatic carbocycles. The number of nitrogens with one attached hydrogen (secondary N) is 3. The second-order valence-corrected chi connectivity index (χ2v) is 13.0. The Kier molecular flexibility index (Phi) is 6.65. The van der Waals surface area contributed by atoms with Gasteiger partial charge in [-0.25, -0.2) is 4.79 Å². The van der Waals surface area contributed by atoms with Gasteiger partial charge in [0, 0.05) is 31.1 Å². The van der Waals surface area contributed by atoms with Crippen LogP contribution in [0.3, 0.4) is 0 Å². The highest BCUT2D eigenvalue weighted by Gasteiger charge is 2.54. The molecule has 1 unspecified atom stereocenters. The number of nitrogens with two attached hydrogens (primary N) is 1. The van der Waals surface area contributed by atoms with Crippen LogP contribution in [0.2, 0.25) is 0 Å². The van der Waals surface area contributed by atoms with E-state index in [2.05, 4.69) is 29.8 Å². The topological polar surface area (TPSA) is 117 Å². The number of nitrogens with zero attached hydrogens (tertiary/aromatic N) is 1. The van der Waals surface area contributed by atoms with Crippen molar-refractivity contribution in [2.75, 3.05) is 11.9 Å². The maximum absolute atomic E-state index is 13.9. The molecule has 3 atom stereocenters. The number of hydrogen-bond donors (Lipinski definition) is 4. The molecule has 38 heavy (non-hydrogen) atoms. The first-order valence-electron chi connectivity index (χ1n) is 14.8. The summed E-state index contributed by atoms with van der Waals surface area (Å²) in [5, 5.41) is 9.48. The van der Waals surface area contributed by atoms with Crippen LogP contribution >= 0.6 is 0 Å². The van der Waals surface area contributed by atoms with Crippen molar-refractivity contribution < 1.29 is 14.4 Å². The molecule has 0 aromatic heterocycles. The summed E-state index contributed by atoms with van der Waals surface area (Å²) in [5.74, 6) is 1.61. The van der Waals surface area contributed by atoms with Crippen LogP contribution < -0.4 is 21.7 Å². The van der Waals surface area contributed by atoms with Gasteiger partial charge in [0.1, 0.15) is 5.54 Å². The van der Waals surface area contributed by atoms with Crippen LogP contribution in [-0.4, -0.2) is 53.0 Å². The Hall–Kier alpha value is -2.61. The molecule has 0 spiro atoms. The fourth-order valence-corrected chi connectivity index (χ4v) is 7.24. The molecule has 1 aromatic rings. The van der Waals surface area contributed by atoms with Crippen molar-refractivity contribution in [3.05, 3.63) is 29.3 Å². The summed E-state index contributed by atoms with van der Waals surface area (Å²) in [6, 6.07) is 5.46. The summed E-state index contributed by atoms with van der Waals surface area (Å²) in [5.41, 5.74) is 8.31. The van der Waals surface area contributed by atoms with Gasteiger partial charge in [-0.3, -0.25) is 9.59 Å². The minimum atomic E-state index is -0.958. The molecule has 6 rings (SSSR count). The number of amides is 4. The molecule has 1 aliphatic heterocycles. The van der Waals surface area contributed by atoms with Gasteiger partial charge >= 0.3 is 6.03 Å². The van der Waals surface area contributed by atoms with E-state index in [-0.39, 0.29) is 35.8 Å². The Labute approximate surface area is 225 Å². The highest BCUT2D eigenvalue weighted by atomic mass is 16.2. The lowest BCUT2D eigenvalue weighted by Crippen LogP contribution is -2.61. The molecule has 8 heteroatoms. The van der Waals surface area contributed by atoms with Gasteiger partial charge in [0.25, 0.3) is 0 Å². The Morgan fingerprint density at radius 2 is 1.68 bits per heavy atom. The summed E-state index contributed by atoms with van der Waals surface area (Å²) >= 11 is 0. The van der Waals surface area contributed by atoms with Crippen LogP contribution in [0.4, 0.5) is 10.5 Å². The van der Waals surface area contributed by atoms with Crippen molar-refractivity contribution in [2.45, 2.75) is 102 Å². The van der Waals surface area contributed by atoms with Crippen molar-refractivity contribution >= 4 is 23.5 Å². The zero-order valence-electron chi connectivity index (χ0n) is 22.8. The predicted molar refractivity (Wildman–Crippen MR) is 146 cm³/mol. The monoisotopic (exact) mass is 521 g/mol. The normalized spacial score (nSPS) is 28.1. The zero-order chi connectivity index (χ0) is 26.6. The van der Waals surface area contributed by atoms with Gasteiger partial charge in [0.2, 0.25) is 11.8 Å². The van der Waals surface area contributed by atoms with Crippen molar-refractivity contribution in [2.24, 2.45) is 29.4 Å². The van der Waals surface area contributed by atoms with E-state index in [1.165, 1.54) is 25.7 Å². The van der Waals surface area contributed by atoms with Gasteiger partial charge in [-0.15, -0.1) is 0 Å². The van der Waals surface area contributed by atoms with Gasteiger partial charge in [0.15, 0.2) is 0 Å².